The summed E-state index contributed by atoms with van der Waals surface area (Å²) in [6.45, 7) is 0.934. The van der Waals surface area contributed by atoms with Crippen LogP contribution >= 0.6 is 34.8 Å². The smallest absolute Gasteiger partial charge is 0.264 e. The van der Waals surface area contributed by atoms with E-state index < -0.39 is 40.2 Å². The van der Waals surface area contributed by atoms with E-state index in [1.165, 1.54) is 48.3 Å². The zero-order valence-electron chi connectivity index (χ0n) is 20.5. The maximum absolute atomic E-state index is 13.9. The van der Waals surface area contributed by atoms with Crippen molar-refractivity contribution in [2.24, 2.45) is 0 Å². The molecular formula is C26H25Cl3FN3O4S. The number of halogens is 4. The number of rotatable bonds is 10. The Kier molecular flexibility index (Phi) is 10.0. The average molecular weight is 601 g/mol. The summed E-state index contributed by atoms with van der Waals surface area (Å²) < 4.78 is 42.1. The molecule has 0 aliphatic rings. The Labute approximate surface area is 236 Å². The standard InChI is InChI=1S/C26H25Cl3FN3O4S/c1-3-24(26(35)31-2)32(15-17-9-10-18(27)13-21(17)28)25(34)16-33(19-11-12-23(30)22(29)14-19)38(36,37)20-7-5-4-6-8-20/h4-14,24H,3,15-16H2,1-2H3,(H,31,35). The van der Waals surface area contributed by atoms with Gasteiger partial charge in [0.2, 0.25) is 11.8 Å². The molecule has 0 saturated heterocycles. The van der Waals surface area contributed by atoms with Crippen molar-refractivity contribution in [3.05, 3.63) is 93.2 Å². The van der Waals surface area contributed by atoms with E-state index in [2.05, 4.69) is 5.32 Å². The van der Waals surface area contributed by atoms with Gasteiger partial charge in [0.1, 0.15) is 18.4 Å². The van der Waals surface area contributed by atoms with Crippen LogP contribution in [0.25, 0.3) is 0 Å². The quantitative estimate of drug-likeness (QED) is 0.331. The monoisotopic (exact) mass is 599 g/mol. The minimum absolute atomic E-state index is 0.0222. The molecular weight excluding hydrogens is 576 g/mol. The zero-order chi connectivity index (χ0) is 28.0. The van der Waals surface area contributed by atoms with Gasteiger partial charge in [0.25, 0.3) is 10.0 Å². The van der Waals surface area contributed by atoms with Gasteiger partial charge in [0.15, 0.2) is 0 Å². The van der Waals surface area contributed by atoms with E-state index in [1.807, 2.05) is 0 Å². The number of carbonyl (C=O) groups excluding carboxylic acids is 2. The van der Waals surface area contributed by atoms with E-state index in [9.17, 15) is 22.4 Å². The highest BCUT2D eigenvalue weighted by atomic mass is 35.5. The molecule has 12 heteroatoms. The molecule has 2 amide bonds. The molecule has 0 saturated carbocycles. The minimum Gasteiger partial charge on any atom is -0.357 e. The molecule has 1 atom stereocenters. The zero-order valence-corrected chi connectivity index (χ0v) is 23.6. The van der Waals surface area contributed by atoms with E-state index in [0.717, 1.165) is 16.4 Å². The second-order valence-electron chi connectivity index (χ2n) is 8.22. The fourth-order valence-electron chi connectivity index (χ4n) is 3.81. The van der Waals surface area contributed by atoms with Gasteiger partial charge in [-0.1, -0.05) is 66.0 Å². The van der Waals surface area contributed by atoms with E-state index in [1.54, 1.807) is 25.1 Å². The summed E-state index contributed by atoms with van der Waals surface area (Å²) in [5.74, 6) is -1.87. The van der Waals surface area contributed by atoms with E-state index in [-0.39, 0.29) is 33.6 Å². The van der Waals surface area contributed by atoms with E-state index in [0.29, 0.717) is 10.6 Å². The lowest BCUT2D eigenvalue weighted by Gasteiger charge is -2.33. The van der Waals surface area contributed by atoms with Crippen molar-refractivity contribution >= 4 is 62.3 Å². The van der Waals surface area contributed by atoms with Gasteiger partial charge in [-0.3, -0.25) is 13.9 Å². The largest absolute Gasteiger partial charge is 0.357 e. The van der Waals surface area contributed by atoms with Gasteiger partial charge in [-0.25, -0.2) is 12.8 Å². The van der Waals surface area contributed by atoms with Gasteiger partial charge in [0.05, 0.1) is 15.6 Å². The van der Waals surface area contributed by atoms with Crippen LogP contribution in [0.5, 0.6) is 0 Å². The van der Waals surface area contributed by atoms with Crippen molar-refractivity contribution in [1.82, 2.24) is 10.2 Å². The molecule has 7 nitrogen and oxygen atoms in total. The van der Waals surface area contributed by atoms with Crippen LogP contribution in [0.3, 0.4) is 0 Å². The summed E-state index contributed by atoms with van der Waals surface area (Å²) in [6.07, 6.45) is 0.241. The number of nitrogens with one attached hydrogen (secondary N) is 1. The van der Waals surface area contributed by atoms with Crippen molar-refractivity contribution in [2.45, 2.75) is 30.8 Å². The Hall–Kier alpha value is -2.85. The second-order valence-corrected chi connectivity index (χ2v) is 11.3. The van der Waals surface area contributed by atoms with Crippen LogP contribution < -0.4 is 9.62 Å². The molecule has 3 rings (SSSR count). The number of amides is 2. The van der Waals surface area contributed by atoms with Crippen LogP contribution in [0.1, 0.15) is 18.9 Å². The number of carbonyl (C=O) groups is 2. The Morgan fingerprint density at radius 1 is 0.974 bits per heavy atom. The summed E-state index contributed by atoms with van der Waals surface area (Å²) in [7, 11) is -2.86. The third kappa shape index (κ3) is 6.77. The first-order chi connectivity index (χ1) is 18.0. The second kappa shape index (κ2) is 12.8. The third-order valence-corrected chi connectivity index (χ3v) is 8.45. The summed E-state index contributed by atoms with van der Waals surface area (Å²) in [5, 5.41) is 2.89. The molecule has 0 aromatic heterocycles. The maximum atomic E-state index is 13.9. The average Bonchev–Trinajstić information content (AvgIpc) is 2.90. The third-order valence-electron chi connectivity index (χ3n) is 5.79. The van der Waals surface area contributed by atoms with E-state index in [4.69, 9.17) is 34.8 Å². The van der Waals surface area contributed by atoms with Crippen LogP contribution in [-0.2, 0) is 26.2 Å². The number of hydrogen-bond acceptors (Lipinski definition) is 4. The SMILES string of the molecule is CCC(C(=O)NC)N(Cc1ccc(Cl)cc1Cl)C(=O)CN(c1ccc(F)c(Cl)c1)S(=O)(=O)c1ccccc1. The predicted octanol–water partition coefficient (Wildman–Crippen LogP) is 5.53. The first-order valence-electron chi connectivity index (χ1n) is 11.5. The van der Waals surface area contributed by atoms with Crippen LogP contribution in [-0.4, -0.2) is 44.8 Å². The Balaban J connectivity index is 2.09. The molecule has 0 spiro atoms. The summed E-state index contributed by atoms with van der Waals surface area (Å²) >= 11 is 18.3. The fraction of sp³-hybridized carbons (Fsp3) is 0.231. The van der Waals surface area contributed by atoms with Crippen molar-refractivity contribution < 1.29 is 22.4 Å². The van der Waals surface area contributed by atoms with Crippen molar-refractivity contribution in [3.8, 4) is 0 Å². The van der Waals surface area contributed by atoms with Crippen LogP contribution in [0, 0.1) is 5.82 Å². The number of hydrogen-bond donors (Lipinski definition) is 1. The topological polar surface area (TPSA) is 86.8 Å². The van der Waals surface area contributed by atoms with Crippen LogP contribution in [0.2, 0.25) is 15.1 Å². The molecule has 0 heterocycles. The predicted molar refractivity (Wildman–Crippen MR) is 148 cm³/mol. The molecule has 202 valence electrons. The highest BCUT2D eigenvalue weighted by Crippen LogP contribution is 2.29. The number of nitrogens with zero attached hydrogens (tertiary/aromatic N) is 2. The van der Waals surface area contributed by atoms with E-state index >= 15 is 0 Å². The fourth-order valence-corrected chi connectivity index (χ4v) is 5.88. The Bertz CT molecular complexity index is 1420. The number of benzene rings is 3. The normalized spacial score (nSPS) is 12.1. The lowest BCUT2D eigenvalue weighted by atomic mass is 10.1. The molecule has 3 aromatic carbocycles. The number of sulfonamides is 1. The molecule has 0 aliphatic carbocycles. The molecule has 0 fully saturated rings. The van der Waals surface area contributed by atoms with Crippen LogP contribution in [0.4, 0.5) is 10.1 Å². The summed E-state index contributed by atoms with van der Waals surface area (Å²) in [5.41, 5.74) is 0.486. The van der Waals surface area contributed by atoms with Gasteiger partial charge in [-0.05, 0) is 54.4 Å². The van der Waals surface area contributed by atoms with Crippen LogP contribution in [0.15, 0.2) is 71.6 Å². The van der Waals surface area contributed by atoms with Crippen molar-refractivity contribution in [1.29, 1.82) is 0 Å². The van der Waals surface area contributed by atoms with Gasteiger partial charge in [-0.2, -0.15) is 0 Å². The van der Waals surface area contributed by atoms with Gasteiger partial charge in [0, 0.05) is 23.6 Å². The van der Waals surface area contributed by atoms with Crippen molar-refractivity contribution in [2.75, 3.05) is 17.9 Å². The highest BCUT2D eigenvalue weighted by molar-refractivity contribution is 7.92. The summed E-state index contributed by atoms with van der Waals surface area (Å²) in [6, 6.07) is 14.6. The molecule has 0 aliphatic heterocycles. The lowest BCUT2D eigenvalue weighted by molar-refractivity contribution is -0.140. The minimum atomic E-state index is -4.30. The number of anilines is 1. The van der Waals surface area contributed by atoms with Crippen molar-refractivity contribution in [3.63, 3.8) is 0 Å². The number of likely N-dealkylation sites (N-methyl/N-ethyl adjacent to an activating group) is 1. The first kappa shape index (κ1) is 29.7. The molecule has 3 aromatic rings. The maximum Gasteiger partial charge on any atom is 0.264 e. The lowest BCUT2D eigenvalue weighted by Crippen LogP contribution is -2.51. The van der Waals surface area contributed by atoms with Gasteiger partial charge in [-0.15, -0.1) is 0 Å². The first-order valence-corrected chi connectivity index (χ1v) is 14.0. The highest BCUT2D eigenvalue weighted by Gasteiger charge is 2.33. The Morgan fingerprint density at radius 2 is 1.66 bits per heavy atom. The summed E-state index contributed by atoms with van der Waals surface area (Å²) in [4.78, 5) is 27.7. The molecule has 0 radical (unpaired) electrons. The Morgan fingerprint density at radius 3 is 2.24 bits per heavy atom. The molecule has 38 heavy (non-hydrogen) atoms. The molecule has 1 N–H and O–H groups in total. The molecule has 0 bridgehead atoms. The van der Waals surface area contributed by atoms with Gasteiger partial charge < -0.3 is 10.2 Å². The van der Waals surface area contributed by atoms with Gasteiger partial charge >= 0.3 is 0 Å². The molecule has 1 unspecified atom stereocenters.